The molecule has 0 saturated heterocycles. The maximum atomic E-state index is 2.20. The molecule has 0 heteroatoms. The van der Waals surface area contributed by atoms with Crippen molar-refractivity contribution < 1.29 is 0 Å². The van der Waals surface area contributed by atoms with Crippen molar-refractivity contribution in [3.05, 3.63) is 83.9 Å². The zero-order chi connectivity index (χ0) is 17.2. The van der Waals surface area contributed by atoms with Crippen molar-refractivity contribution >= 4 is 0 Å². The van der Waals surface area contributed by atoms with Crippen LogP contribution in [0, 0.1) is 6.92 Å². The summed E-state index contributed by atoms with van der Waals surface area (Å²) < 4.78 is 0. The zero-order valence-electron chi connectivity index (χ0n) is 15.5. The Hall–Kier alpha value is -1.82. The smallest absolute Gasteiger partial charge is 0.0219 e. The molecule has 0 N–H and O–H groups in total. The van der Waals surface area contributed by atoms with E-state index in [2.05, 4.69) is 57.2 Å². The molecule has 0 aromatic heterocycles. The van der Waals surface area contributed by atoms with Crippen LogP contribution < -0.4 is 0 Å². The monoisotopic (exact) mass is 298 g/mol. The van der Waals surface area contributed by atoms with Crippen molar-refractivity contribution in [3.8, 4) is 0 Å². The van der Waals surface area contributed by atoms with E-state index in [1.807, 2.05) is 64.1 Å². The summed E-state index contributed by atoms with van der Waals surface area (Å²) in [5, 5.41) is 0. The van der Waals surface area contributed by atoms with Crippen molar-refractivity contribution in [2.45, 2.75) is 54.4 Å². The van der Waals surface area contributed by atoms with Crippen molar-refractivity contribution in [2.75, 3.05) is 0 Å². The standard InChI is InChI=1S/C9H12.C7H8.C4H8.C2H6/c1-8(2)9-6-4-3-5-7-9;1-7-5-3-2-4-6-7;1-3-4-2;1-2/h3-8H,1-2H3;2-6H,1H3;3-4H,1-2H3;1-2H3. The first-order valence-electron chi connectivity index (χ1n) is 8.25. The largest absolute Gasteiger partial charge is 0.0919 e. The van der Waals surface area contributed by atoms with Gasteiger partial charge in [0.05, 0.1) is 0 Å². The molecule has 0 fully saturated rings. The molecule has 0 spiro atoms. The summed E-state index contributed by atoms with van der Waals surface area (Å²) in [6.07, 6.45) is 4.00. The summed E-state index contributed by atoms with van der Waals surface area (Å²) in [4.78, 5) is 0. The third-order valence-electron chi connectivity index (χ3n) is 2.74. The maximum Gasteiger partial charge on any atom is -0.0219 e. The highest BCUT2D eigenvalue weighted by molar-refractivity contribution is 5.17. The molecule has 0 aliphatic rings. The van der Waals surface area contributed by atoms with E-state index in [1.165, 1.54) is 11.1 Å². The predicted molar refractivity (Wildman–Crippen MR) is 104 cm³/mol. The van der Waals surface area contributed by atoms with Crippen LogP contribution in [0.5, 0.6) is 0 Å². The fourth-order valence-corrected chi connectivity index (χ4v) is 1.37. The lowest BCUT2D eigenvalue weighted by atomic mass is 10.0. The van der Waals surface area contributed by atoms with Crippen LogP contribution in [-0.2, 0) is 0 Å². The van der Waals surface area contributed by atoms with Crippen LogP contribution in [0.3, 0.4) is 0 Å². The number of rotatable bonds is 1. The normalized spacial score (nSPS) is 8.91. The second kappa shape index (κ2) is 17.2. The van der Waals surface area contributed by atoms with E-state index in [0.717, 1.165) is 0 Å². The lowest BCUT2D eigenvalue weighted by Crippen LogP contribution is -1.83. The van der Waals surface area contributed by atoms with Gasteiger partial charge in [0, 0.05) is 0 Å². The summed E-state index contributed by atoms with van der Waals surface area (Å²) in [6.45, 7) is 14.5. The Morgan fingerprint density at radius 2 is 1.05 bits per heavy atom. The van der Waals surface area contributed by atoms with Crippen LogP contribution in [0.4, 0.5) is 0 Å². The summed E-state index contributed by atoms with van der Waals surface area (Å²) in [6, 6.07) is 20.8. The van der Waals surface area contributed by atoms with Gasteiger partial charge in [0.1, 0.15) is 0 Å². The van der Waals surface area contributed by atoms with Crippen molar-refractivity contribution in [1.29, 1.82) is 0 Å². The number of benzene rings is 2. The molecule has 122 valence electrons. The molecular weight excluding hydrogens is 264 g/mol. The Morgan fingerprint density at radius 1 is 0.682 bits per heavy atom. The molecule has 0 unspecified atom stereocenters. The molecule has 0 amide bonds. The number of allylic oxidation sites excluding steroid dienone is 2. The first-order valence-corrected chi connectivity index (χ1v) is 8.25. The molecule has 2 aromatic rings. The summed E-state index contributed by atoms with van der Waals surface area (Å²) in [5.41, 5.74) is 2.74. The molecule has 0 saturated carbocycles. The van der Waals surface area contributed by atoms with Gasteiger partial charge >= 0.3 is 0 Å². The minimum absolute atomic E-state index is 0.659. The van der Waals surface area contributed by atoms with Gasteiger partial charge in [0.15, 0.2) is 0 Å². The topological polar surface area (TPSA) is 0 Å². The highest BCUT2D eigenvalue weighted by Crippen LogP contribution is 2.11. The maximum absolute atomic E-state index is 2.20. The van der Waals surface area contributed by atoms with E-state index >= 15 is 0 Å². The molecule has 2 rings (SSSR count). The zero-order valence-corrected chi connectivity index (χ0v) is 15.5. The van der Waals surface area contributed by atoms with E-state index in [4.69, 9.17) is 0 Å². The van der Waals surface area contributed by atoms with Crippen molar-refractivity contribution in [1.82, 2.24) is 0 Å². The second-order valence-corrected chi connectivity index (χ2v) is 4.89. The Bertz CT molecular complexity index is 434. The highest BCUT2D eigenvalue weighted by Gasteiger charge is 1.93. The van der Waals surface area contributed by atoms with Crippen LogP contribution in [-0.4, -0.2) is 0 Å². The lowest BCUT2D eigenvalue weighted by molar-refractivity contribution is 0.867. The summed E-state index contributed by atoms with van der Waals surface area (Å²) in [7, 11) is 0. The van der Waals surface area contributed by atoms with Gasteiger partial charge in [-0.25, -0.2) is 0 Å². The Balaban J connectivity index is 0. The third kappa shape index (κ3) is 14.6. The van der Waals surface area contributed by atoms with Gasteiger partial charge < -0.3 is 0 Å². The number of hydrogen-bond acceptors (Lipinski definition) is 0. The molecule has 0 atom stereocenters. The molecule has 0 heterocycles. The molecule has 0 radical (unpaired) electrons. The molecule has 0 nitrogen and oxygen atoms in total. The van der Waals surface area contributed by atoms with E-state index in [9.17, 15) is 0 Å². The van der Waals surface area contributed by atoms with E-state index in [0.29, 0.717) is 5.92 Å². The van der Waals surface area contributed by atoms with Gasteiger partial charge in [0.25, 0.3) is 0 Å². The van der Waals surface area contributed by atoms with Crippen LogP contribution in [0.25, 0.3) is 0 Å². The van der Waals surface area contributed by atoms with Gasteiger partial charge in [-0.1, -0.05) is 106 Å². The van der Waals surface area contributed by atoms with Crippen LogP contribution in [0.1, 0.15) is 58.6 Å². The van der Waals surface area contributed by atoms with Crippen molar-refractivity contribution in [3.63, 3.8) is 0 Å². The predicted octanol–water partition coefficient (Wildman–Crippen LogP) is 7.41. The third-order valence-corrected chi connectivity index (χ3v) is 2.74. The first-order chi connectivity index (χ1) is 10.6. The van der Waals surface area contributed by atoms with Gasteiger partial charge in [0.2, 0.25) is 0 Å². The quantitative estimate of drug-likeness (QED) is 0.481. The Morgan fingerprint density at radius 3 is 1.23 bits per heavy atom. The van der Waals surface area contributed by atoms with Crippen LogP contribution in [0.15, 0.2) is 72.8 Å². The lowest BCUT2D eigenvalue weighted by Gasteiger charge is -2.01. The molecule has 0 aliphatic heterocycles. The van der Waals surface area contributed by atoms with Gasteiger partial charge in [-0.05, 0) is 32.3 Å². The second-order valence-electron chi connectivity index (χ2n) is 4.89. The molecular formula is C22H34. The van der Waals surface area contributed by atoms with Crippen LogP contribution in [0.2, 0.25) is 0 Å². The minimum Gasteiger partial charge on any atom is -0.0919 e. The molecule has 0 bridgehead atoms. The average molecular weight is 299 g/mol. The van der Waals surface area contributed by atoms with Crippen LogP contribution >= 0.6 is 0 Å². The highest BCUT2D eigenvalue weighted by atomic mass is 14.0. The summed E-state index contributed by atoms with van der Waals surface area (Å²) in [5.74, 6) is 0.659. The first kappa shape index (κ1) is 22.5. The Labute approximate surface area is 138 Å². The van der Waals surface area contributed by atoms with E-state index in [-0.39, 0.29) is 0 Å². The summed E-state index contributed by atoms with van der Waals surface area (Å²) >= 11 is 0. The fraction of sp³-hybridized carbons (Fsp3) is 0.364. The van der Waals surface area contributed by atoms with Gasteiger partial charge in [-0.15, -0.1) is 0 Å². The van der Waals surface area contributed by atoms with E-state index < -0.39 is 0 Å². The minimum atomic E-state index is 0.659. The average Bonchev–Trinajstić information content (AvgIpc) is 2.59. The fourth-order valence-electron chi connectivity index (χ4n) is 1.37. The van der Waals surface area contributed by atoms with Crippen molar-refractivity contribution in [2.24, 2.45) is 0 Å². The SMILES string of the molecule is CC.CC(C)c1ccccc1.CC=CC.Cc1ccccc1. The van der Waals surface area contributed by atoms with E-state index in [1.54, 1.807) is 0 Å². The Kier molecular flexibility index (Phi) is 17.6. The number of hydrogen-bond donors (Lipinski definition) is 0. The number of aryl methyl sites for hydroxylation is 1. The molecule has 2 aromatic carbocycles. The van der Waals surface area contributed by atoms with Gasteiger partial charge in [-0.3, -0.25) is 0 Å². The molecule has 22 heavy (non-hydrogen) atoms. The molecule has 0 aliphatic carbocycles. The van der Waals surface area contributed by atoms with Gasteiger partial charge in [-0.2, -0.15) is 0 Å².